The van der Waals surface area contributed by atoms with Crippen LogP contribution in [0, 0.1) is 0 Å². The molecule has 1 unspecified atom stereocenters. The summed E-state index contributed by atoms with van der Waals surface area (Å²) in [4.78, 5) is 2.19. The SMILES string of the molecule is C.C.C.C.C.C.CC1=CCC=[N+]2CCC=[N+](C)C2(C)C1.C[N+]1=CC=CN2C=CC=[N+](C)C21C. The van der Waals surface area contributed by atoms with E-state index in [4.69, 9.17) is 0 Å². The Balaban J connectivity index is -0.000000216. The van der Waals surface area contributed by atoms with Gasteiger partial charge >= 0.3 is 11.4 Å². The average molecular weight is 466 g/mol. The van der Waals surface area contributed by atoms with Gasteiger partial charge in [-0.2, -0.15) is 18.3 Å². The first-order valence-electron chi connectivity index (χ1n) is 9.88. The highest BCUT2D eigenvalue weighted by molar-refractivity contribution is 5.69. The lowest BCUT2D eigenvalue weighted by atomic mass is 10.00. The molecule has 0 aromatic carbocycles. The molecule has 4 aliphatic rings. The van der Waals surface area contributed by atoms with Crippen LogP contribution in [0.1, 0.15) is 84.6 Å². The van der Waals surface area contributed by atoms with Gasteiger partial charge in [-0.05, 0) is 6.92 Å². The molecule has 5 heteroatoms. The molecule has 0 bridgehead atoms. The minimum absolute atomic E-state index is 0. The monoisotopic (exact) mass is 465 g/mol. The van der Waals surface area contributed by atoms with E-state index in [1.165, 1.54) is 18.5 Å². The standard InChI is InChI=1S/C12H20N2.C10H15N3.6CH4/c1-11-6-4-8-14-9-5-7-13(3)12(14,2)10-11;1-10-11(2)6-4-8-13(10)9-5-7-12(10)3;;;;;;/h6-8H,4-5,9-10H2,1-3H3;4-9H,1-3H3;6*1H4/q2*+2;;;;;;. The lowest BCUT2D eigenvalue weighted by Crippen LogP contribution is -2.59. The van der Waals surface area contributed by atoms with E-state index in [9.17, 15) is 0 Å². The van der Waals surface area contributed by atoms with Crippen molar-refractivity contribution in [2.24, 2.45) is 0 Å². The Morgan fingerprint density at radius 1 is 0.788 bits per heavy atom. The lowest BCUT2D eigenvalue weighted by Gasteiger charge is -2.32. The van der Waals surface area contributed by atoms with Gasteiger partial charge in [0.2, 0.25) is 0 Å². The molecule has 4 heterocycles. The maximum Gasteiger partial charge on any atom is 0.438 e. The first kappa shape index (κ1) is 38.0. The second kappa shape index (κ2) is 14.8. The van der Waals surface area contributed by atoms with E-state index in [2.05, 4.69) is 108 Å². The molecule has 0 fully saturated rings. The Labute approximate surface area is 208 Å². The van der Waals surface area contributed by atoms with Gasteiger partial charge in [0.1, 0.15) is 27.4 Å². The smallest absolute Gasteiger partial charge is 0.236 e. The van der Waals surface area contributed by atoms with Crippen molar-refractivity contribution in [3.63, 3.8) is 0 Å². The summed E-state index contributed by atoms with van der Waals surface area (Å²) < 4.78 is 9.25. The highest BCUT2D eigenvalue weighted by atomic mass is 15.5. The summed E-state index contributed by atoms with van der Waals surface area (Å²) in [5.41, 5.74) is 1.68. The van der Waals surface area contributed by atoms with Crippen molar-refractivity contribution >= 4 is 24.9 Å². The summed E-state index contributed by atoms with van der Waals surface area (Å²) in [7, 11) is 6.36. The van der Waals surface area contributed by atoms with Crippen molar-refractivity contribution in [3.05, 3.63) is 36.2 Å². The van der Waals surface area contributed by atoms with E-state index in [1.807, 2.05) is 12.2 Å². The van der Waals surface area contributed by atoms with Crippen LogP contribution in [0.3, 0.4) is 0 Å². The molecular formula is C28H59N5+4. The Hall–Kier alpha value is -2.30. The second-order valence-electron chi connectivity index (χ2n) is 8.22. The van der Waals surface area contributed by atoms with Crippen LogP contribution in [0.4, 0.5) is 0 Å². The third kappa shape index (κ3) is 7.09. The van der Waals surface area contributed by atoms with Crippen LogP contribution in [0.5, 0.6) is 0 Å². The molecule has 0 radical (unpaired) electrons. The van der Waals surface area contributed by atoms with Gasteiger partial charge in [0.25, 0.3) is 0 Å². The Bertz CT molecular complexity index is 793. The van der Waals surface area contributed by atoms with E-state index in [-0.39, 0.29) is 56.0 Å². The highest BCUT2D eigenvalue weighted by Crippen LogP contribution is 2.25. The highest BCUT2D eigenvalue weighted by Gasteiger charge is 2.50. The zero-order chi connectivity index (χ0) is 19.7. The predicted molar refractivity (Wildman–Crippen MR) is 153 cm³/mol. The fraction of sp³-hybridized carbons (Fsp3) is 0.643. The van der Waals surface area contributed by atoms with Crippen LogP contribution in [0.25, 0.3) is 0 Å². The second-order valence-corrected chi connectivity index (χ2v) is 8.22. The van der Waals surface area contributed by atoms with Crippen LogP contribution in [0.15, 0.2) is 36.2 Å². The fourth-order valence-electron chi connectivity index (χ4n) is 4.27. The summed E-state index contributed by atoms with van der Waals surface area (Å²) in [5, 5.41) is 0. The molecular weight excluding hydrogens is 406 g/mol. The molecule has 5 nitrogen and oxygen atoms in total. The molecule has 0 aliphatic carbocycles. The van der Waals surface area contributed by atoms with Gasteiger partial charge in [0.05, 0.1) is 26.7 Å². The first-order valence-corrected chi connectivity index (χ1v) is 9.88. The minimum Gasteiger partial charge on any atom is -0.236 e. The van der Waals surface area contributed by atoms with E-state index in [1.54, 1.807) is 0 Å². The normalized spacial score (nSPS) is 23.1. The van der Waals surface area contributed by atoms with Gasteiger partial charge in [-0.1, -0.05) is 56.2 Å². The summed E-state index contributed by atoms with van der Waals surface area (Å²) in [5.74, 6) is -0.0938. The maximum atomic E-state index is 2.50. The molecule has 0 spiro atoms. The topological polar surface area (TPSA) is 15.3 Å². The van der Waals surface area contributed by atoms with E-state index in [0.717, 1.165) is 12.8 Å². The van der Waals surface area contributed by atoms with Gasteiger partial charge in [-0.25, -0.2) is 4.90 Å². The summed E-state index contributed by atoms with van der Waals surface area (Å²) in [6.07, 6.45) is 22.9. The van der Waals surface area contributed by atoms with E-state index >= 15 is 0 Å². The fourth-order valence-corrected chi connectivity index (χ4v) is 4.27. The summed E-state index contributed by atoms with van der Waals surface area (Å²) in [6.45, 7) is 7.93. The van der Waals surface area contributed by atoms with Gasteiger partial charge < -0.3 is 0 Å². The van der Waals surface area contributed by atoms with Gasteiger partial charge in [-0.15, -0.1) is 0 Å². The zero-order valence-electron chi connectivity index (χ0n) is 17.8. The molecule has 1 atom stereocenters. The van der Waals surface area contributed by atoms with E-state index in [0.29, 0.717) is 0 Å². The molecule has 0 aromatic rings. The molecule has 0 N–H and O–H groups in total. The van der Waals surface area contributed by atoms with Crippen molar-refractivity contribution in [1.82, 2.24) is 4.90 Å². The van der Waals surface area contributed by atoms with Crippen LogP contribution in [0.2, 0.25) is 0 Å². The quantitative estimate of drug-likeness (QED) is 0.321. The summed E-state index contributed by atoms with van der Waals surface area (Å²) >= 11 is 0. The van der Waals surface area contributed by atoms with Crippen LogP contribution in [-0.2, 0) is 0 Å². The molecule has 4 aliphatic heterocycles. The van der Waals surface area contributed by atoms with Crippen LogP contribution >= 0.6 is 0 Å². The number of rotatable bonds is 0. The van der Waals surface area contributed by atoms with Crippen molar-refractivity contribution in [2.45, 2.75) is 96.0 Å². The zero-order valence-corrected chi connectivity index (χ0v) is 17.8. The third-order valence-corrected chi connectivity index (χ3v) is 6.50. The molecule has 0 saturated carbocycles. The molecule has 192 valence electrons. The molecule has 0 saturated heterocycles. The summed E-state index contributed by atoms with van der Waals surface area (Å²) in [6, 6.07) is 0. The van der Waals surface area contributed by atoms with Crippen molar-refractivity contribution < 1.29 is 18.3 Å². The molecule has 0 aromatic heterocycles. The molecule has 33 heavy (non-hydrogen) atoms. The number of allylic oxidation sites excluding steroid dienone is 3. The number of hydrogen-bond acceptors (Lipinski definition) is 1. The minimum atomic E-state index is -0.0938. The van der Waals surface area contributed by atoms with Gasteiger partial charge in [-0.3, -0.25) is 0 Å². The average Bonchev–Trinajstić information content (AvgIpc) is 2.77. The Kier molecular flexibility index (Phi) is 17.0. The van der Waals surface area contributed by atoms with E-state index < -0.39 is 0 Å². The Morgan fingerprint density at radius 2 is 1.30 bits per heavy atom. The van der Waals surface area contributed by atoms with Crippen molar-refractivity contribution in [2.75, 3.05) is 27.7 Å². The van der Waals surface area contributed by atoms with Gasteiger partial charge in [0, 0.05) is 31.0 Å². The largest absolute Gasteiger partial charge is 0.438 e. The van der Waals surface area contributed by atoms with Crippen molar-refractivity contribution in [3.8, 4) is 0 Å². The van der Waals surface area contributed by atoms with Crippen LogP contribution < -0.4 is 0 Å². The number of nitrogens with zero attached hydrogens (tertiary/aromatic N) is 5. The molecule has 0 amide bonds. The molecule has 4 rings (SSSR count). The lowest BCUT2D eigenvalue weighted by molar-refractivity contribution is -0.825. The van der Waals surface area contributed by atoms with Crippen LogP contribution in [-0.4, -0.2) is 87.2 Å². The number of fused-ring (bicyclic) bond motifs is 2. The maximum absolute atomic E-state index is 2.50. The van der Waals surface area contributed by atoms with Gasteiger partial charge in [0.15, 0.2) is 25.2 Å². The van der Waals surface area contributed by atoms with Crippen molar-refractivity contribution in [1.29, 1.82) is 0 Å². The predicted octanol–water partition coefficient (Wildman–Crippen LogP) is 5.90. The third-order valence-electron chi connectivity index (χ3n) is 6.50. The Morgan fingerprint density at radius 3 is 1.79 bits per heavy atom. The first-order chi connectivity index (χ1) is 12.8. The number of hydrogen-bond donors (Lipinski definition) is 0.